The van der Waals surface area contributed by atoms with Crippen LogP contribution in [0, 0.1) is 0 Å². The van der Waals surface area contributed by atoms with E-state index in [1.807, 2.05) is 6.92 Å². The summed E-state index contributed by atoms with van der Waals surface area (Å²) < 4.78 is 0. The van der Waals surface area contributed by atoms with Crippen LogP contribution >= 0.6 is 11.6 Å². The van der Waals surface area contributed by atoms with Crippen LogP contribution in [0.2, 0.25) is 5.02 Å². The molecule has 1 rings (SSSR count). The second kappa shape index (κ2) is 5.35. The fraction of sp³-hybridized carbons (Fsp3) is 0.455. The monoisotopic (exact) mass is 228 g/mol. The molecule has 2 atom stereocenters. The molecule has 0 aliphatic rings. The Labute approximate surface area is 95.0 Å². The number of anilines is 1. The normalized spacial score (nSPS) is 14.9. The van der Waals surface area contributed by atoms with Crippen LogP contribution in [0.1, 0.15) is 31.4 Å². The molecular weight excluding hydrogens is 212 g/mol. The Morgan fingerprint density at radius 2 is 2.13 bits per heavy atom. The number of hydrogen-bond acceptors (Lipinski definition) is 3. The molecule has 0 aromatic heterocycles. The SMILES string of the molecule is CCC[C@@H](O)[C@@H](N)c1cc(Cl)ccc1N. The first-order valence-electron chi connectivity index (χ1n) is 5.04. The molecule has 15 heavy (non-hydrogen) atoms. The Balaban J connectivity index is 2.89. The number of benzene rings is 1. The van der Waals surface area contributed by atoms with Crippen LogP contribution in [0.15, 0.2) is 18.2 Å². The van der Waals surface area contributed by atoms with Crippen molar-refractivity contribution in [1.82, 2.24) is 0 Å². The molecule has 0 spiro atoms. The third kappa shape index (κ3) is 3.09. The second-order valence-electron chi connectivity index (χ2n) is 3.66. The molecule has 4 heteroatoms. The molecule has 3 nitrogen and oxygen atoms in total. The topological polar surface area (TPSA) is 72.3 Å². The molecular formula is C11H17ClN2O. The largest absolute Gasteiger partial charge is 0.398 e. The molecule has 0 amide bonds. The van der Waals surface area contributed by atoms with Gasteiger partial charge in [-0.25, -0.2) is 0 Å². The summed E-state index contributed by atoms with van der Waals surface area (Å²) in [5.74, 6) is 0. The van der Waals surface area contributed by atoms with Gasteiger partial charge in [0.25, 0.3) is 0 Å². The highest BCUT2D eigenvalue weighted by Crippen LogP contribution is 2.26. The van der Waals surface area contributed by atoms with Crippen molar-refractivity contribution in [3.05, 3.63) is 28.8 Å². The maximum Gasteiger partial charge on any atom is 0.0733 e. The van der Waals surface area contributed by atoms with Crippen molar-refractivity contribution in [3.8, 4) is 0 Å². The predicted octanol–water partition coefficient (Wildman–Crippen LogP) is 2.08. The molecule has 1 aromatic rings. The van der Waals surface area contributed by atoms with Crippen molar-refractivity contribution in [3.63, 3.8) is 0 Å². The van der Waals surface area contributed by atoms with Crippen molar-refractivity contribution >= 4 is 17.3 Å². The lowest BCUT2D eigenvalue weighted by molar-refractivity contribution is 0.134. The summed E-state index contributed by atoms with van der Waals surface area (Å²) in [4.78, 5) is 0. The quantitative estimate of drug-likeness (QED) is 0.691. The van der Waals surface area contributed by atoms with E-state index < -0.39 is 12.1 Å². The zero-order chi connectivity index (χ0) is 11.4. The fourth-order valence-electron chi connectivity index (χ4n) is 1.52. The first-order valence-corrected chi connectivity index (χ1v) is 5.42. The van der Waals surface area contributed by atoms with Gasteiger partial charge < -0.3 is 16.6 Å². The van der Waals surface area contributed by atoms with Crippen LogP contribution in [-0.2, 0) is 0 Å². The molecule has 0 radical (unpaired) electrons. The van der Waals surface area contributed by atoms with Gasteiger partial charge in [-0.2, -0.15) is 0 Å². The third-order valence-electron chi connectivity index (χ3n) is 2.41. The Morgan fingerprint density at radius 1 is 1.47 bits per heavy atom. The maximum absolute atomic E-state index is 9.76. The first-order chi connectivity index (χ1) is 7.06. The van der Waals surface area contributed by atoms with Gasteiger partial charge >= 0.3 is 0 Å². The average molecular weight is 229 g/mol. The highest BCUT2D eigenvalue weighted by molar-refractivity contribution is 6.30. The van der Waals surface area contributed by atoms with E-state index in [-0.39, 0.29) is 0 Å². The molecule has 0 saturated heterocycles. The van der Waals surface area contributed by atoms with E-state index in [2.05, 4.69) is 0 Å². The van der Waals surface area contributed by atoms with Gasteiger partial charge in [0.05, 0.1) is 12.1 Å². The van der Waals surface area contributed by atoms with Crippen LogP contribution in [0.3, 0.4) is 0 Å². The molecule has 1 aromatic carbocycles. The number of rotatable bonds is 4. The van der Waals surface area contributed by atoms with E-state index in [0.717, 1.165) is 6.42 Å². The van der Waals surface area contributed by atoms with Crippen molar-refractivity contribution in [1.29, 1.82) is 0 Å². The van der Waals surface area contributed by atoms with Crippen LogP contribution < -0.4 is 11.5 Å². The maximum atomic E-state index is 9.76. The van der Waals surface area contributed by atoms with Crippen LogP contribution in [0.4, 0.5) is 5.69 Å². The van der Waals surface area contributed by atoms with E-state index in [1.54, 1.807) is 18.2 Å². The molecule has 84 valence electrons. The van der Waals surface area contributed by atoms with Gasteiger partial charge in [0.15, 0.2) is 0 Å². The third-order valence-corrected chi connectivity index (χ3v) is 2.64. The summed E-state index contributed by atoms with van der Waals surface area (Å²) in [6, 6.07) is 4.65. The number of hydrogen-bond donors (Lipinski definition) is 3. The van der Waals surface area contributed by atoms with E-state index in [0.29, 0.717) is 22.7 Å². The van der Waals surface area contributed by atoms with Gasteiger partial charge in [0, 0.05) is 10.7 Å². The number of aliphatic hydroxyl groups excluding tert-OH is 1. The van der Waals surface area contributed by atoms with E-state index in [4.69, 9.17) is 23.1 Å². The van der Waals surface area contributed by atoms with E-state index >= 15 is 0 Å². The predicted molar refractivity (Wildman–Crippen MR) is 63.7 cm³/mol. The summed E-state index contributed by atoms with van der Waals surface area (Å²) >= 11 is 5.85. The van der Waals surface area contributed by atoms with Crippen molar-refractivity contribution in [2.75, 3.05) is 5.73 Å². The van der Waals surface area contributed by atoms with Crippen LogP contribution in [0.5, 0.6) is 0 Å². The highest BCUT2D eigenvalue weighted by atomic mass is 35.5. The van der Waals surface area contributed by atoms with E-state index in [1.165, 1.54) is 0 Å². The van der Waals surface area contributed by atoms with Crippen molar-refractivity contribution in [2.24, 2.45) is 5.73 Å². The van der Waals surface area contributed by atoms with Gasteiger partial charge in [-0.05, 0) is 30.2 Å². The lowest BCUT2D eigenvalue weighted by Gasteiger charge is -2.20. The van der Waals surface area contributed by atoms with Gasteiger partial charge in [-0.3, -0.25) is 0 Å². The molecule has 5 N–H and O–H groups in total. The van der Waals surface area contributed by atoms with Crippen molar-refractivity contribution in [2.45, 2.75) is 31.9 Å². The summed E-state index contributed by atoms with van der Waals surface area (Å²) in [6.45, 7) is 2.00. The van der Waals surface area contributed by atoms with Crippen LogP contribution in [-0.4, -0.2) is 11.2 Å². The number of aliphatic hydroxyl groups is 1. The summed E-state index contributed by atoms with van der Waals surface area (Å²) in [6.07, 6.45) is 0.971. The standard InChI is InChI=1S/C11H17ClN2O/c1-2-3-10(15)11(14)8-6-7(12)4-5-9(8)13/h4-6,10-11,15H,2-3,13-14H2,1H3/t10-,11+/m1/s1. The Bertz CT molecular complexity index is 330. The minimum Gasteiger partial charge on any atom is -0.398 e. The second-order valence-corrected chi connectivity index (χ2v) is 4.09. The first kappa shape index (κ1) is 12.3. The minimum atomic E-state index is -0.573. The number of nitrogen functional groups attached to an aromatic ring is 1. The molecule has 0 aliphatic heterocycles. The lowest BCUT2D eigenvalue weighted by Crippen LogP contribution is -2.26. The number of nitrogens with two attached hydrogens (primary N) is 2. The summed E-state index contributed by atoms with van der Waals surface area (Å²) in [5, 5.41) is 10.3. The van der Waals surface area contributed by atoms with Crippen LogP contribution in [0.25, 0.3) is 0 Å². The zero-order valence-corrected chi connectivity index (χ0v) is 9.54. The highest BCUT2D eigenvalue weighted by Gasteiger charge is 2.18. The van der Waals surface area contributed by atoms with Gasteiger partial charge in [-0.1, -0.05) is 24.9 Å². The Hall–Kier alpha value is -0.770. The van der Waals surface area contributed by atoms with E-state index in [9.17, 15) is 5.11 Å². The van der Waals surface area contributed by atoms with Crippen molar-refractivity contribution < 1.29 is 5.11 Å². The Morgan fingerprint density at radius 3 is 2.73 bits per heavy atom. The Kier molecular flexibility index (Phi) is 4.39. The summed E-state index contributed by atoms with van der Waals surface area (Å²) in [7, 11) is 0. The summed E-state index contributed by atoms with van der Waals surface area (Å²) in [5.41, 5.74) is 13.0. The minimum absolute atomic E-state index is 0.469. The molecule has 0 bridgehead atoms. The fourth-order valence-corrected chi connectivity index (χ4v) is 1.70. The molecule has 0 saturated carbocycles. The van der Waals surface area contributed by atoms with Gasteiger partial charge in [-0.15, -0.1) is 0 Å². The van der Waals surface area contributed by atoms with Gasteiger partial charge in [0.1, 0.15) is 0 Å². The lowest BCUT2D eigenvalue weighted by atomic mass is 9.98. The van der Waals surface area contributed by atoms with Gasteiger partial charge in [0.2, 0.25) is 0 Å². The molecule has 0 heterocycles. The average Bonchev–Trinajstić information content (AvgIpc) is 2.21. The zero-order valence-electron chi connectivity index (χ0n) is 8.78. The smallest absolute Gasteiger partial charge is 0.0733 e. The molecule has 0 aliphatic carbocycles. The molecule has 0 unspecified atom stereocenters. The number of halogens is 1. The molecule has 0 fully saturated rings.